The quantitative estimate of drug-likeness (QED) is 0.917. The molecule has 0 fully saturated rings. The average molecular weight is 324 g/mol. The lowest BCUT2D eigenvalue weighted by atomic mass is 10.0. The standard InChI is InChI=1S/C12H10BrN3O3/c1-6-11(16-19-15-6)14-12(17)9-5-18-10-3-2-7(13)4-8(9)10/h2-4,9H,5H2,1H3,(H,14,16,17)/t9-/m1/s1. The van der Waals surface area contributed by atoms with Crippen LogP contribution < -0.4 is 10.1 Å². The number of amides is 1. The fourth-order valence-electron chi connectivity index (χ4n) is 1.95. The van der Waals surface area contributed by atoms with Crippen LogP contribution in [0.1, 0.15) is 17.2 Å². The molecule has 0 aliphatic carbocycles. The number of anilines is 1. The van der Waals surface area contributed by atoms with Crippen LogP contribution in [0.15, 0.2) is 27.3 Å². The molecule has 1 aliphatic heterocycles. The number of aromatic nitrogens is 2. The molecule has 7 heteroatoms. The highest BCUT2D eigenvalue weighted by atomic mass is 79.9. The van der Waals surface area contributed by atoms with Gasteiger partial charge in [0, 0.05) is 10.0 Å². The van der Waals surface area contributed by atoms with Crippen molar-refractivity contribution in [2.45, 2.75) is 12.8 Å². The highest BCUT2D eigenvalue weighted by Gasteiger charge is 2.31. The van der Waals surface area contributed by atoms with Gasteiger partial charge in [0.2, 0.25) is 5.91 Å². The van der Waals surface area contributed by atoms with Gasteiger partial charge < -0.3 is 10.1 Å². The van der Waals surface area contributed by atoms with Crippen LogP contribution in [0.4, 0.5) is 5.82 Å². The van der Waals surface area contributed by atoms with E-state index in [1.165, 1.54) is 0 Å². The fourth-order valence-corrected chi connectivity index (χ4v) is 2.33. The number of carbonyl (C=O) groups excluding carboxylic acids is 1. The van der Waals surface area contributed by atoms with Crippen LogP contribution in [0, 0.1) is 6.92 Å². The number of halogens is 1. The first-order valence-corrected chi connectivity index (χ1v) is 6.46. The van der Waals surface area contributed by atoms with E-state index in [2.05, 4.69) is 36.2 Å². The smallest absolute Gasteiger partial charge is 0.236 e. The van der Waals surface area contributed by atoms with E-state index in [4.69, 9.17) is 4.74 Å². The molecule has 0 saturated carbocycles. The molecule has 1 N–H and O–H groups in total. The minimum absolute atomic E-state index is 0.185. The van der Waals surface area contributed by atoms with E-state index in [1.807, 2.05) is 18.2 Å². The number of rotatable bonds is 2. The normalized spacial score (nSPS) is 16.8. The molecule has 0 unspecified atom stereocenters. The number of nitrogens with one attached hydrogen (secondary N) is 1. The Bertz CT molecular complexity index is 641. The number of benzene rings is 1. The summed E-state index contributed by atoms with van der Waals surface area (Å²) < 4.78 is 11.0. The minimum Gasteiger partial charge on any atom is -0.492 e. The first-order valence-electron chi connectivity index (χ1n) is 5.67. The molecule has 1 aliphatic rings. The van der Waals surface area contributed by atoms with Gasteiger partial charge in [-0.15, -0.1) is 0 Å². The third-order valence-corrected chi connectivity index (χ3v) is 3.46. The number of ether oxygens (including phenoxy) is 1. The molecule has 19 heavy (non-hydrogen) atoms. The number of hydrogen-bond donors (Lipinski definition) is 1. The second-order valence-corrected chi connectivity index (χ2v) is 5.15. The van der Waals surface area contributed by atoms with Crippen molar-refractivity contribution in [2.24, 2.45) is 0 Å². The second-order valence-electron chi connectivity index (χ2n) is 4.23. The lowest BCUT2D eigenvalue weighted by molar-refractivity contribution is -0.117. The van der Waals surface area contributed by atoms with Gasteiger partial charge in [-0.25, -0.2) is 4.63 Å². The fraction of sp³-hybridized carbons (Fsp3) is 0.250. The molecule has 3 rings (SSSR count). The Morgan fingerprint density at radius 1 is 1.47 bits per heavy atom. The summed E-state index contributed by atoms with van der Waals surface area (Å²) in [6.45, 7) is 2.03. The Balaban J connectivity index is 1.83. The van der Waals surface area contributed by atoms with Crippen molar-refractivity contribution in [3.05, 3.63) is 33.9 Å². The Kier molecular flexibility index (Phi) is 2.98. The predicted molar refractivity (Wildman–Crippen MR) is 70.0 cm³/mol. The van der Waals surface area contributed by atoms with Gasteiger partial charge in [-0.05, 0) is 30.3 Å². The summed E-state index contributed by atoms with van der Waals surface area (Å²) >= 11 is 3.39. The number of nitrogens with zero attached hydrogens (tertiary/aromatic N) is 2. The van der Waals surface area contributed by atoms with Gasteiger partial charge in [0.15, 0.2) is 5.82 Å². The second kappa shape index (κ2) is 4.65. The first kappa shape index (κ1) is 12.2. The first-order chi connectivity index (χ1) is 9.15. The van der Waals surface area contributed by atoms with Crippen molar-refractivity contribution in [2.75, 3.05) is 11.9 Å². The Hall–Kier alpha value is -1.89. The van der Waals surface area contributed by atoms with Crippen molar-refractivity contribution in [1.82, 2.24) is 10.3 Å². The summed E-state index contributed by atoms with van der Waals surface area (Å²) in [4.78, 5) is 12.2. The molecule has 0 bridgehead atoms. The van der Waals surface area contributed by atoms with Crippen molar-refractivity contribution in [3.63, 3.8) is 0 Å². The van der Waals surface area contributed by atoms with Gasteiger partial charge in [-0.1, -0.05) is 21.1 Å². The van der Waals surface area contributed by atoms with Gasteiger partial charge in [0.05, 0.1) is 0 Å². The van der Waals surface area contributed by atoms with E-state index in [0.717, 1.165) is 15.8 Å². The maximum Gasteiger partial charge on any atom is 0.236 e. The van der Waals surface area contributed by atoms with Gasteiger partial charge in [-0.2, -0.15) is 0 Å². The monoisotopic (exact) mass is 323 g/mol. The van der Waals surface area contributed by atoms with E-state index in [1.54, 1.807) is 6.92 Å². The largest absolute Gasteiger partial charge is 0.492 e. The minimum atomic E-state index is -0.358. The summed E-state index contributed by atoms with van der Waals surface area (Å²) in [6.07, 6.45) is 0. The summed E-state index contributed by atoms with van der Waals surface area (Å²) in [5.74, 6) is 0.533. The molecule has 98 valence electrons. The van der Waals surface area contributed by atoms with E-state index in [9.17, 15) is 4.79 Å². The predicted octanol–water partition coefficient (Wildman–Crippen LogP) is 2.26. The number of hydrogen-bond acceptors (Lipinski definition) is 5. The molecule has 1 aromatic heterocycles. The van der Waals surface area contributed by atoms with Gasteiger partial charge in [-0.3, -0.25) is 4.79 Å². The lowest BCUT2D eigenvalue weighted by Gasteiger charge is -2.08. The highest BCUT2D eigenvalue weighted by molar-refractivity contribution is 9.10. The number of fused-ring (bicyclic) bond motifs is 1. The highest BCUT2D eigenvalue weighted by Crippen LogP contribution is 2.36. The summed E-state index contributed by atoms with van der Waals surface area (Å²) in [5.41, 5.74) is 1.41. The zero-order valence-corrected chi connectivity index (χ0v) is 11.6. The topological polar surface area (TPSA) is 77.3 Å². The van der Waals surface area contributed by atoms with Crippen LogP contribution >= 0.6 is 15.9 Å². The van der Waals surface area contributed by atoms with Crippen LogP contribution in [0.5, 0.6) is 5.75 Å². The summed E-state index contributed by atoms with van der Waals surface area (Å²) in [6, 6.07) is 5.61. The van der Waals surface area contributed by atoms with Gasteiger partial charge >= 0.3 is 0 Å². The summed E-state index contributed by atoms with van der Waals surface area (Å²) in [5, 5.41) is 9.94. The third kappa shape index (κ3) is 2.21. The van der Waals surface area contributed by atoms with Gasteiger partial charge in [0.25, 0.3) is 0 Å². The maximum atomic E-state index is 12.2. The Morgan fingerprint density at radius 2 is 2.32 bits per heavy atom. The van der Waals surface area contributed by atoms with Crippen LogP contribution in [0.25, 0.3) is 0 Å². The molecule has 2 aromatic rings. The third-order valence-electron chi connectivity index (χ3n) is 2.96. The van der Waals surface area contributed by atoms with Crippen LogP contribution in [0.3, 0.4) is 0 Å². The van der Waals surface area contributed by atoms with Crippen molar-refractivity contribution < 1.29 is 14.2 Å². The van der Waals surface area contributed by atoms with Crippen molar-refractivity contribution >= 4 is 27.7 Å². The van der Waals surface area contributed by atoms with Crippen LogP contribution in [-0.4, -0.2) is 22.8 Å². The molecule has 0 radical (unpaired) electrons. The van der Waals surface area contributed by atoms with E-state index >= 15 is 0 Å². The molecule has 0 spiro atoms. The molecular weight excluding hydrogens is 314 g/mol. The van der Waals surface area contributed by atoms with E-state index in [0.29, 0.717) is 18.1 Å². The molecule has 0 saturated heterocycles. The molecule has 1 aromatic carbocycles. The number of carbonyl (C=O) groups is 1. The average Bonchev–Trinajstić information content (AvgIpc) is 2.96. The maximum absolute atomic E-state index is 12.2. The van der Waals surface area contributed by atoms with Crippen molar-refractivity contribution in [3.8, 4) is 5.75 Å². The van der Waals surface area contributed by atoms with Crippen molar-refractivity contribution in [1.29, 1.82) is 0 Å². The zero-order valence-electron chi connectivity index (χ0n) is 10.0. The Morgan fingerprint density at radius 3 is 3.05 bits per heavy atom. The van der Waals surface area contributed by atoms with Crippen LogP contribution in [0.2, 0.25) is 0 Å². The number of aryl methyl sites for hydroxylation is 1. The molecular formula is C12H10BrN3O3. The molecule has 1 atom stereocenters. The molecule has 6 nitrogen and oxygen atoms in total. The zero-order chi connectivity index (χ0) is 13.4. The molecule has 2 heterocycles. The summed E-state index contributed by atoms with van der Waals surface area (Å²) in [7, 11) is 0. The van der Waals surface area contributed by atoms with E-state index < -0.39 is 0 Å². The van der Waals surface area contributed by atoms with Gasteiger partial charge in [0.1, 0.15) is 24.0 Å². The van der Waals surface area contributed by atoms with Crippen LogP contribution in [-0.2, 0) is 4.79 Å². The Labute approximate surface area is 117 Å². The lowest BCUT2D eigenvalue weighted by Crippen LogP contribution is -2.22. The SMILES string of the molecule is Cc1nonc1NC(=O)[C@@H]1COc2ccc(Br)cc21. The molecule has 1 amide bonds. The van der Waals surface area contributed by atoms with E-state index in [-0.39, 0.29) is 11.8 Å².